The number of piperazine rings is 1. The molecule has 4 rings (SSSR count). The number of aryl methyl sites for hydroxylation is 1. The lowest BCUT2D eigenvalue weighted by Crippen LogP contribution is -2.56. The summed E-state index contributed by atoms with van der Waals surface area (Å²) < 4.78 is 10.8. The highest BCUT2D eigenvalue weighted by molar-refractivity contribution is 5.95. The van der Waals surface area contributed by atoms with Crippen molar-refractivity contribution >= 4 is 17.9 Å². The van der Waals surface area contributed by atoms with E-state index in [0.29, 0.717) is 55.3 Å². The summed E-state index contributed by atoms with van der Waals surface area (Å²) >= 11 is 0. The van der Waals surface area contributed by atoms with Gasteiger partial charge in [-0.25, -0.2) is 9.59 Å². The first-order valence-corrected chi connectivity index (χ1v) is 13.5. The summed E-state index contributed by atoms with van der Waals surface area (Å²) in [6.07, 6.45) is 0. The lowest BCUT2D eigenvalue weighted by atomic mass is 9.94. The fourth-order valence-electron chi connectivity index (χ4n) is 5.26. The fourth-order valence-corrected chi connectivity index (χ4v) is 5.26. The van der Waals surface area contributed by atoms with E-state index >= 15 is 0 Å². The summed E-state index contributed by atoms with van der Waals surface area (Å²) in [6, 6.07) is 14.0. The molecule has 2 aliphatic rings. The van der Waals surface area contributed by atoms with Crippen LogP contribution < -0.4 is 10.1 Å². The van der Waals surface area contributed by atoms with Gasteiger partial charge in [-0.05, 0) is 57.5 Å². The number of ether oxygens (including phenoxy) is 2. The van der Waals surface area contributed by atoms with Gasteiger partial charge in [0.2, 0.25) is 0 Å². The number of rotatable bonds is 8. The third-order valence-corrected chi connectivity index (χ3v) is 7.34. The topological polar surface area (TPSA) is 91.4 Å². The Morgan fingerprint density at radius 2 is 1.72 bits per heavy atom. The minimum absolute atomic E-state index is 0.0142. The van der Waals surface area contributed by atoms with Crippen LogP contribution in [0.25, 0.3) is 0 Å². The predicted molar refractivity (Wildman–Crippen MR) is 148 cm³/mol. The third kappa shape index (κ3) is 6.09. The fraction of sp³-hybridized carbons (Fsp3) is 0.433. The van der Waals surface area contributed by atoms with Crippen LogP contribution in [0.5, 0.6) is 5.75 Å². The van der Waals surface area contributed by atoms with Crippen LogP contribution in [0.1, 0.15) is 48.3 Å². The second-order valence-electron chi connectivity index (χ2n) is 9.93. The molecule has 0 aliphatic carbocycles. The summed E-state index contributed by atoms with van der Waals surface area (Å²) in [6.45, 7) is 10.5. The summed E-state index contributed by atoms with van der Waals surface area (Å²) in [5.74, 6) is 0.248. The molecule has 0 saturated carbocycles. The average Bonchev–Trinajstić information content (AvgIpc) is 2.93. The van der Waals surface area contributed by atoms with Gasteiger partial charge in [0.05, 0.1) is 25.3 Å². The number of esters is 1. The second kappa shape index (κ2) is 12.3. The largest absolute Gasteiger partial charge is 0.497 e. The standard InChI is InChI=1S/C30H38N4O5/c1-6-33-25(19-32-16-17-34(21(4)18-32)28(35)23-10-8-20(3)9-11-23)26(29(36)39-7-2)27(31-30(33)37)22-12-14-24(38-5)15-13-22/h8-15,21,27H,6-7,16-19H2,1-5H3,(H,31,37). The molecule has 0 spiro atoms. The maximum Gasteiger partial charge on any atom is 0.338 e. The van der Waals surface area contributed by atoms with Crippen molar-refractivity contribution in [1.29, 1.82) is 0 Å². The van der Waals surface area contributed by atoms with Crippen molar-refractivity contribution in [2.24, 2.45) is 0 Å². The quantitative estimate of drug-likeness (QED) is 0.519. The Morgan fingerprint density at radius 1 is 1.03 bits per heavy atom. The highest BCUT2D eigenvalue weighted by Gasteiger charge is 2.39. The monoisotopic (exact) mass is 534 g/mol. The Balaban J connectivity index is 1.62. The smallest absolute Gasteiger partial charge is 0.338 e. The van der Waals surface area contributed by atoms with Gasteiger partial charge >= 0.3 is 12.0 Å². The molecule has 1 N–H and O–H groups in total. The molecule has 2 atom stereocenters. The molecule has 0 bridgehead atoms. The molecule has 39 heavy (non-hydrogen) atoms. The molecule has 9 nitrogen and oxygen atoms in total. The molecular formula is C30H38N4O5. The maximum atomic E-state index is 13.4. The minimum atomic E-state index is -0.651. The minimum Gasteiger partial charge on any atom is -0.497 e. The molecule has 1 saturated heterocycles. The van der Waals surface area contributed by atoms with E-state index in [1.807, 2.05) is 74.2 Å². The van der Waals surface area contributed by atoms with Gasteiger partial charge < -0.3 is 19.7 Å². The summed E-state index contributed by atoms with van der Waals surface area (Å²) in [4.78, 5) is 45.5. The van der Waals surface area contributed by atoms with Crippen molar-refractivity contribution in [1.82, 2.24) is 20.0 Å². The summed E-state index contributed by atoms with van der Waals surface area (Å²) in [5.41, 5.74) is 3.61. The van der Waals surface area contributed by atoms with E-state index in [2.05, 4.69) is 10.2 Å². The predicted octanol–water partition coefficient (Wildman–Crippen LogP) is 3.75. The number of urea groups is 1. The molecule has 9 heteroatoms. The molecule has 0 aromatic heterocycles. The van der Waals surface area contributed by atoms with Crippen molar-refractivity contribution in [3.05, 3.63) is 76.5 Å². The van der Waals surface area contributed by atoms with Crippen molar-refractivity contribution < 1.29 is 23.9 Å². The number of nitrogens with zero attached hydrogens (tertiary/aromatic N) is 3. The number of carbonyl (C=O) groups excluding carboxylic acids is 3. The molecule has 1 fully saturated rings. The lowest BCUT2D eigenvalue weighted by Gasteiger charge is -2.43. The van der Waals surface area contributed by atoms with Crippen LogP contribution in [0, 0.1) is 6.92 Å². The van der Waals surface area contributed by atoms with Gasteiger partial charge in [0.15, 0.2) is 0 Å². The first kappa shape index (κ1) is 28.2. The van der Waals surface area contributed by atoms with Crippen molar-refractivity contribution in [3.8, 4) is 5.75 Å². The van der Waals surface area contributed by atoms with Crippen LogP contribution in [-0.4, -0.2) is 85.1 Å². The summed E-state index contributed by atoms with van der Waals surface area (Å²) in [5, 5.41) is 3.00. The van der Waals surface area contributed by atoms with Gasteiger partial charge in [-0.1, -0.05) is 29.8 Å². The Labute approximate surface area is 230 Å². The maximum absolute atomic E-state index is 13.4. The van der Waals surface area contributed by atoms with E-state index in [9.17, 15) is 14.4 Å². The number of likely N-dealkylation sites (N-methyl/N-ethyl adjacent to an activating group) is 1. The van der Waals surface area contributed by atoms with Gasteiger partial charge in [-0.2, -0.15) is 0 Å². The van der Waals surface area contributed by atoms with Crippen LogP contribution in [0.2, 0.25) is 0 Å². The average molecular weight is 535 g/mol. The van der Waals surface area contributed by atoms with Crippen LogP contribution in [-0.2, 0) is 9.53 Å². The lowest BCUT2D eigenvalue weighted by molar-refractivity contribution is -0.139. The third-order valence-electron chi connectivity index (χ3n) is 7.34. The van der Waals surface area contributed by atoms with E-state index in [4.69, 9.17) is 9.47 Å². The SMILES string of the molecule is CCOC(=O)C1=C(CN2CCN(C(=O)c3ccc(C)cc3)C(C)C2)N(CC)C(=O)NC1c1ccc(OC)cc1. The van der Waals surface area contributed by atoms with Gasteiger partial charge in [0.25, 0.3) is 5.91 Å². The molecule has 2 aromatic carbocycles. The van der Waals surface area contributed by atoms with E-state index in [1.54, 1.807) is 18.9 Å². The van der Waals surface area contributed by atoms with E-state index in [1.165, 1.54) is 0 Å². The number of hydrogen-bond acceptors (Lipinski definition) is 6. The zero-order valence-electron chi connectivity index (χ0n) is 23.4. The Morgan fingerprint density at radius 3 is 2.31 bits per heavy atom. The van der Waals surface area contributed by atoms with E-state index < -0.39 is 12.0 Å². The normalized spacial score (nSPS) is 20.1. The second-order valence-corrected chi connectivity index (χ2v) is 9.93. The van der Waals surface area contributed by atoms with Crippen molar-refractivity contribution in [2.45, 2.75) is 39.8 Å². The van der Waals surface area contributed by atoms with Crippen LogP contribution in [0.4, 0.5) is 4.79 Å². The van der Waals surface area contributed by atoms with Crippen LogP contribution in [0.3, 0.4) is 0 Å². The van der Waals surface area contributed by atoms with Crippen LogP contribution >= 0.6 is 0 Å². The van der Waals surface area contributed by atoms with Crippen molar-refractivity contribution in [2.75, 3.05) is 46.4 Å². The number of benzene rings is 2. The number of nitrogens with one attached hydrogen (secondary N) is 1. The Hall–Kier alpha value is -3.85. The van der Waals surface area contributed by atoms with Gasteiger partial charge in [0, 0.05) is 50.0 Å². The molecule has 0 radical (unpaired) electrons. The number of carbonyl (C=O) groups is 3. The molecule has 208 valence electrons. The Kier molecular flexibility index (Phi) is 8.91. The zero-order valence-corrected chi connectivity index (χ0v) is 23.4. The first-order valence-electron chi connectivity index (χ1n) is 13.5. The molecular weight excluding hydrogens is 496 g/mol. The molecule has 3 amide bonds. The first-order chi connectivity index (χ1) is 18.8. The van der Waals surface area contributed by atoms with Crippen molar-refractivity contribution in [3.63, 3.8) is 0 Å². The number of hydrogen-bond donors (Lipinski definition) is 1. The Bertz CT molecular complexity index is 1220. The van der Waals surface area contributed by atoms with Crippen LogP contribution in [0.15, 0.2) is 59.8 Å². The zero-order chi connectivity index (χ0) is 28.1. The van der Waals surface area contributed by atoms with E-state index in [0.717, 1.165) is 11.1 Å². The van der Waals surface area contributed by atoms with Gasteiger partial charge in [0.1, 0.15) is 5.75 Å². The summed E-state index contributed by atoms with van der Waals surface area (Å²) in [7, 11) is 1.59. The highest BCUT2D eigenvalue weighted by Crippen LogP contribution is 2.33. The molecule has 2 aromatic rings. The molecule has 2 heterocycles. The van der Waals surface area contributed by atoms with Gasteiger partial charge in [-0.3, -0.25) is 14.6 Å². The number of methoxy groups -OCH3 is 1. The molecule has 2 unspecified atom stereocenters. The van der Waals surface area contributed by atoms with Gasteiger partial charge in [-0.15, -0.1) is 0 Å². The number of amides is 3. The highest BCUT2D eigenvalue weighted by atomic mass is 16.5. The molecule has 2 aliphatic heterocycles. The van der Waals surface area contributed by atoms with E-state index in [-0.39, 0.29) is 24.6 Å².